The molecule has 1 saturated heterocycles. The molecule has 0 saturated carbocycles. The molecule has 8 nitrogen and oxygen atoms in total. The van der Waals surface area contributed by atoms with E-state index in [1.807, 2.05) is 24.3 Å². The van der Waals surface area contributed by atoms with E-state index in [0.717, 1.165) is 17.7 Å². The third-order valence-corrected chi connectivity index (χ3v) is 5.99. The van der Waals surface area contributed by atoms with Crippen LogP contribution in [0.15, 0.2) is 48.5 Å². The van der Waals surface area contributed by atoms with Gasteiger partial charge in [0.1, 0.15) is 22.5 Å². The van der Waals surface area contributed by atoms with Crippen molar-refractivity contribution < 1.29 is 19.1 Å². The number of hydrogen-bond acceptors (Lipinski definition) is 7. The van der Waals surface area contributed by atoms with E-state index in [9.17, 15) is 9.59 Å². The average Bonchev–Trinajstić information content (AvgIpc) is 3.48. The van der Waals surface area contributed by atoms with Crippen molar-refractivity contribution in [2.24, 2.45) is 0 Å². The molecule has 3 aromatic rings. The number of methoxy groups -OCH3 is 2. The largest absolute Gasteiger partial charge is 0.497 e. The molecule has 1 aliphatic heterocycles. The lowest BCUT2D eigenvalue weighted by molar-refractivity contribution is -0.119. The first-order valence-electron chi connectivity index (χ1n) is 9.83. The van der Waals surface area contributed by atoms with Crippen molar-refractivity contribution in [3.05, 3.63) is 54.1 Å². The monoisotopic (exact) mass is 438 g/mol. The highest BCUT2D eigenvalue weighted by Gasteiger charge is 2.35. The zero-order valence-electron chi connectivity index (χ0n) is 17.2. The first-order chi connectivity index (χ1) is 15.1. The van der Waals surface area contributed by atoms with Crippen LogP contribution in [0.5, 0.6) is 11.5 Å². The second-order valence-electron chi connectivity index (χ2n) is 7.02. The predicted molar refractivity (Wildman–Crippen MR) is 118 cm³/mol. The maximum Gasteiger partial charge on any atom is 0.254 e. The number of nitrogens with zero attached hydrogens (tertiary/aromatic N) is 3. The van der Waals surface area contributed by atoms with Crippen molar-refractivity contribution in [2.75, 3.05) is 26.1 Å². The van der Waals surface area contributed by atoms with Crippen LogP contribution in [0.1, 0.15) is 23.2 Å². The molecule has 2 aromatic carbocycles. The Balaban J connectivity index is 1.46. The van der Waals surface area contributed by atoms with Crippen LogP contribution in [-0.2, 0) is 4.79 Å². The summed E-state index contributed by atoms with van der Waals surface area (Å²) in [5.41, 5.74) is 1.35. The molecule has 0 bridgehead atoms. The summed E-state index contributed by atoms with van der Waals surface area (Å²) in [7, 11) is 3.16. The highest BCUT2D eigenvalue weighted by atomic mass is 32.1. The van der Waals surface area contributed by atoms with E-state index in [1.165, 1.54) is 11.3 Å². The van der Waals surface area contributed by atoms with Gasteiger partial charge in [-0.1, -0.05) is 29.5 Å². The molecule has 4 rings (SSSR count). The first kappa shape index (κ1) is 20.8. The van der Waals surface area contributed by atoms with E-state index in [4.69, 9.17) is 9.47 Å². The van der Waals surface area contributed by atoms with Crippen molar-refractivity contribution in [3.63, 3.8) is 0 Å². The quantitative estimate of drug-likeness (QED) is 0.633. The molecule has 1 fully saturated rings. The van der Waals surface area contributed by atoms with Gasteiger partial charge in [-0.15, -0.1) is 10.2 Å². The third-order valence-electron chi connectivity index (χ3n) is 5.10. The van der Waals surface area contributed by atoms with Crippen LogP contribution in [-0.4, -0.2) is 53.7 Å². The Morgan fingerprint density at radius 1 is 1.06 bits per heavy atom. The van der Waals surface area contributed by atoms with Crippen molar-refractivity contribution in [3.8, 4) is 22.1 Å². The van der Waals surface area contributed by atoms with Gasteiger partial charge in [-0.2, -0.15) is 0 Å². The van der Waals surface area contributed by atoms with E-state index in [1.54, 1.807) is 43.4 Å². The normalized spacial score (nSPS) is 15.5. The van der Waals surface area contributed by atoms with Gasteiger partial charge in [0.15, 0.2) is 0 Å². The molecule has 1 aromatic heterocycles. The van der Waals surface area contributed by atoms with Crippen LogP contribution >= 0.6 is 11.3 Å². The van der Waals surface area contributed by atoms with Crippen LogP contribution in [0.4, 0.5) is 5.13 Å². The van der Waals surface area contributed by atoms with Gasteiger partial charge in [-0.05, 0) is 43.2 Å². The lowest BCUT2D eigenvalue weighted by atomic mass is 10.1. The summed E-state index contributed by atoms with van der Waals surface area (Å²) in [6, 6.07) is 13.9. The Morgan fingerprint density at radius 2 is 1.81 bits per heavy atom. The summed E-state index contributed by atoms with van der Waals surface area (Å²) in [5, 5.41) is 12.1. The van der Waals surface area contributed by atoms with Crippen LogP contribution in [0.25, 0.3) is 10.6 Å². The summed E-state index contributed by atoms with van der Waals surface area (Å²) in [6.45, 7) is 0.527. The van der Waals surface area contributed by atoms with Crippen molar-refractivity contribution >= 4 is 28.3 Å². The topological polar surface area (TPSA) is 93.7 Å². The molecular formula is C22H22N4O4S. The molecule has 1 aliphatic rings. The van der Waals surface area contributed by atoms with E-state index in [2.05, 4.69) is 15.5 Å². The Morgan fingerprint density at radius 3 is 2.58 bits per heavy atom. The molecule has 0 spiro atoms. The fourth-order valence-electron chi connectivity index (χ4n) is 3.54. The van der Waals surface area contributed by atoms with E-state index in [0.29, 0.717) is 34.4 Å². The number of carbonyl (C=O) groups excluding carboxylic acids is 2. The summed E-state index contributed by atoms with van der Waals surface area (Å²) in [5.74, 6) is 0.869. The highest BCUT2D eigenvalue weighted by Crippen LogP contribution is 2.29. The second kappa shape index (κ2) is 9.13. The molecule has 0 aliphatic carbocycles. The molecular weight excluding hydrogens is 416 g/mol. The smallest absolute Gasteiger partial charge is 0.254 e. The Labute approximate surface area is 183 Å². The van der Waals surface area contributed by atoms with Crippen LogP contribution < -0.4 is 14.8 Å². The van der Waals surface area contributed by atoms with Gasteiger partial charge in [0.2, 0.25) is 11.0 Å². The minimum atomic E-state index is -0.553. The van der Waals surface area contributed by atoms with E-state index in [-0.39, 0.29) is 11.8 Å². The van der Waals surface area contributed by atoms with Crippen LogP contribution in [0.2, 0.25) is 0 Å². The Kier molecular flexibility index (Phi) is 6.13. The number of nitrogens with one attached hydrogen (secondary N) is 1. The van der Waals surface area contributed by atoms with Gasteiger partial charge in [-0.25, -0.2) is 0 Å². The molecule has 1 atom stereocenters. The molecule has 160 valence electrons. The summed E-state index contributed by atoms with van der Waals surface area (Å²) < 4.78 is 10.4. The number of benzene rings is 2. The van der Waals surface area contributed by atoms with Gasteiger partial charge < -0.3 is 14.4 Å². The second-order valence-corrected chi connectivity index (χ2v) is 8.00. The van der Waals surface area contributed by atoms with Gasteiger partial charge in [0.25, 0.3) is 5.91 Å². The molecule has 0 radical (unpaired) electrons. The SMILES string of the molecule is COc1cccc(C(=O)N2CCCC2C(=O)Nc2nnc(-c3cccc(OC)c3)s2)c1. The molecule has 1 N–H and O–H groups in total. The fourth-order valence-corrected chi connectivity index (χ4v) is 4.28. The number of aromatic nitrogens is 2. The van der Waals surface area contributed by atoms with Gasteiger partial charge >= 0.3 is 0 Å². The Bertz CT molecular complexity index is 1100. The van der Waals surface area contributed by atoms with Gasteiger partial charge in [-0.3, -0.25) is 14.9 Å². The number of rotatable bonds is 6. The molecule has 2 amide bonds. The predicted octanol–water partition coefficient (Wildman–Crippen LogP) is 3.47. The van der Waals surface area contributed by atoms with Gasteiger partial charge in [0, 0.05) is 17.7 Å². The van der Waals surface area contributed by atoms with Crippen molar-refractivity contribution in [2.45, 2.75) is 18.9 Å². The summed E-state index contributed by atoms with van der Waals surface area (Å²) in [6.07, 6.45) is 1.36. The number of carbonyl (C=O) groups is 2. The molecule has 2 heterocycles. The minimum absolute atomic E-state index is 0.189. The zero-order valence-corrected chi connectivity index (χ0v) is 18.0. The van der Waals surface area contributed by atoms with Crippen molar-refractivity contribution in [1.29, 1.82) is 0 Å². The van der Waals surface area contributed by atoms with Crippen LogP contribution in [0.3, 0.4) is 0 Å². The third kappa shape index (κ3) is 4.51. The zero-order chi connectivity index (χ0) is 21.8. The number of hydrogen-bond donors (Lipinski definition) is 1. The summed E-state index contributed by atoms with van der Waals surface area (Å²) >= 11 is 1.27. The number of likely N-dealkylation sites (tertiary alicyclic amines) is 1. The molecule has 1 unspecified atom stereocenters. The molecule has 9 heteroatoms. The van der Waals surface area contributed by atoms with E-state index < -0.39 is 6.04 Å². The van der Waals surface area contributed by atoms with Gasteiger partial charge in [0.05, 0.1) is 14.2 Å². The highest BCUT2D eigenvalue weighted by molar-refractivity contribution is 7.18. The summed E-state index contributed by atoms with van der Waals surface area (Å²) in [4.78, 5) is 27.5. The number of ether oxygens (including phenoxy) is 2. The van der Waals surface area contributed by atoms with E-state index >= 15 is 0 Å². The number of amides is 2. The first-order valence-corrected chi connectivity index (χ1v) is 10.6. The fraction of sp³-hybridized carbons (Fsp3) is 0.273. The Hall–Kier alpha value is -3.46. The standard InChI is InChI=1S/C22H22N4O4S/c1-29-16-8-3-6-14(12-16)20-24-25-22(31-20)23-19(27)18-10-5-11-26(18)21(28)15-7-4-9-17(13-15)30-2/h3-4,6-9,12-13,18H,5,10-11H2,1-2H3,(H,23,25,27). The average molecular weight is 439 g/mol. The maximum absolute atomic E-state index is 13.0. The lowest BCUT2D eigenvalue weighted by Gasteiger charge is -2.23. The molecule has 31 heavy (non-hydrogen) atoms. The van der Waals surface area contributed by atoms with Crippen molar-refractivity contribution in [1.82, 2.24) is 15.1 Å². The minimum Gasteiger partial charge on any atom is -0.497 e. The maximum atomic E-state index is 13.0. The van der Waals surface area contributed by atoms with Crippen LogP contribution in [0, 0.1) is 0 Å². The lowest BCUT2D eigenvalue weighted by Crippen LogP contribution is -2.43. The number of anilines is 1.